The number of rotatable bonds is 7. The number of hydrogen-bond donors (Lipinski definition) is 1. The molecule has 2 aromatic rings. The minimum atomic E-state index is -1.01. The fourth-order valence-corrected chi connectivity index (χ4v) is 2.04. The van der Waals surface area contributed by atoms with Crippen LogP contribution in [0, 0.1) is 5.82 Å². The highest BCUT2D eigenvalue weighted by molar-refractivity contribution is 5.95. The number of halogens is 1. The van der Waals surface area contributed by atoms with Crippen LogP contribution in [0.5, 0.6) is 5.75 Å². The zero-order valence-corrected chi connectivity index (χ0v) is 14.1. The van der Waals surface area contributed by atoms with E-state index in [0.717, 1.165) is 0 Å². The summed E-state index contributed by atoms with van der Waals surface area (Å²) in [4.78, 5) is 24.3. The Labute approximate surface area is 145 Å². The molecule has 1 N–H and O–H groups in total. The van der Waals surface area contributed by atoms with E-state index in [9.17, 15) is 14.0 Å². The van der Waals surface area contributed by atoms with Crippen LogP contribution in [-0.4, -0.2) is 24.1 Å². The number of carbonyl (C=O) groups is 2. The summed E-state index contributed by atoms with van der Waals surface area (Å²) in [5, 5.41) is 2.56. The normalized spacial score (nSPS) is 12.8. The lowest BCUT2D eigenvalue weighted by molar-refractivity contribution is -0.160. The maximum Gasteiger partial charge on any atom is 0.348 e. The van der Waals surface area contributed by atoms with Crippen LogP contribution in [0.4, 0.5) is 10.1 Å². The molecule has 0 radical (unpaired) electrons. The summed E-state index contributed by atoms with van der Waals surface area (Å²) in [5.41, 5.74) is 0.418. The van der Waals surface area contributed by atoms with Gasteiger partial charge in [0, 0.05) is 5.69 Å². The molecule has 0 saturated heterocycles. The minimum absolute atomic E-state index is 0.402. The topological polar surface area (TPSA) is 64.6 Å². The first-order valence-corrected chi connectivity index (χ1v) is 7.98. The highest BCUT2D eigenvalue weighted by Gasteiger charge is 2.25. The van der Waals surface area contributed by atoms with E-state index in [1.165, 1.54) is 31.2 Å². The number of ether oxygens (including phenoxy) is 2. The van der Waals surface area contributed by atoms with Gasteiger partial charge in [0.1, 0.15) is 11.6 Å². The number of anilines is 1. The predicted octanol–water partition coefficient (Wildman–Crippen LogP) is 3.55. The van der Waals surface area contributed by atoms with E-state index in [4.69, 9.17) is 9.47 Å². The quantitative estimate of drug-likeness (QED) is 0.780. The smallest absolute Gasteiger partial charge is 0.348 e. The van der Waals surface area contributed by atoms with Crippen molar-refractivity contribution in [2.75, 3.05) is 5.32 Å². The molecule has 0 aliphatic carbocycles. The number of benzene rings is 2. The van der Waals surface area contributed by atoms with Crippen LogP contribution in [0.25, 0.3) is 0 Å². The molecule has 132 valence electrons. The van der Waals surface area contributed by atoms with Crippen LogP contribution >= 0.6 is 0 Å². The van der Waals surface area contributed by atoms with Crippen molar-refractivity contribution < 1.29 is 23.5 Å². The molecule has 0 saturated carbocycles. The largest absolute Gasteiger partial charge is 0.479 e. The van der Waals surface area contributed by atoms with Gasteiger partial charge in [0.15, 0.2) is 12.2 Å². The zero-order chi connectivity index (χ0) is 18.2. The van der Waals surface area contributed by atoms with Crippen molar-refractivity contribution >= 4 is 17.6 Å². The van der Waals surface area contributed by atoms with Gasteiger partial charge in [-0.2, -0.15) is 0 Å². The number of hydrogen-bond acceptors (Lipinski definition) is 4. The van der Waals surface area contributed by atoms with E-state index >= 15 is 0 Å². The second kappa shape index (κ2) is 8.82. The van der Waals surface area contributed by atoms with Gasteiger partial charge in [-0.25, -0.2) is 9.18 Å². The SMILES string of the molecule is CC[C@@H](Oc1ccccc1)C(=O)O[C@H](C)C(=O)Nc1ccc(F)cc1. The van der Waals surface area contributed by atoms with Crippen LogP contribution in [0.3, 0.4) is 0 Å². The van der Waals surface area contributed by atoms with Gasteiger partial charge < -0.3 is 14.8 Å². The molecule has 6 heteroatoms. The molecule has 25 heavy (non-hydrogen) atoms. The Hall–Kier alpha value is -2.89. The summed E-state index contributed by atoms with van der Waals surface area (Å²) in [5.74, 6) is -0.973. The van der Waals surface area contributed by atoms with Crippen molar-refractivity contribution in [3.05, 3.63) is 60.4 Å². The van der Waals surface area contributed by atoms with Crippen LogP contribution in [0.15, 0.2) is 54.6 Å². The third kappa shape index (κ3) is 5.60. The molecule has 2 atom stereocenters. The lowest BCUT2D eigenvalue weighted by Gasteiger charge is -2.19. The molecule has 5 nitrogen and oxygen atoms in total. The summed E-state index contributed by atoms with van der Waals surface area (Å²) >= 11 is 0. The van der Waals surface area contributed by atoms with Crippen LogP contribution in [-0.2, 0) is 14.3 Å². The summed E-state index contributed by atoms with van der Waals surface area (Å²) in [6, 6.07) is 14.2. The Bertz CT molecular complexity index is 703. The lowest BCUT2D eigenvalue weighted by Crippen LogP contribution is -2.36. The van der Waals surface area contributed by atoms with Crippen molar-refractivity contribution in [3.63, 3.8) is 0 Å². The van der Waals surface area contributed by atoms with Gasteiger partial charge in [-0.3, -0.25) is 4.79 Å². The number of esters is 1. The molecule has 0 heterocycles. The average molecular weight is 345 g/mol. The molecule has 2 rings (SSSR count). The Kier molecular flexibility index (Phi) is 6.51. The molecular weight excluding hydrogens is 325 g/mol. The second-order valence-corrected chi connectivity index (χ2v) is 5.40. The van der Waals surface area contributed by atoms with E-state index in [1.54, 1.807) is 31.2 Å². The summed E-state index contributed by atoms with van der Waals surface area (Å²) in [6.07, 6.45) is -1.41. The highest BCUT2D eigenvalue weighted by Crippen LogP contribution is 2.14. The van der Waals surface area contributed by atoms with Crippen molar-refractivity contribution in [1.29, 1.82) is 0 Å². The minimum Gasteiger partial charge on any atom is -0.479 e. The van der Waals surface area contributed by atoms with E-state index < -0.39 is 29.9 Å². The molecule has 0 spiro atoms. The summed E-state index contributed by atoms with van der Waals surface area (Å²) in [7, 11) is 0. The second-order valence-electron chi connectivity index (χ2n) is 5.40. The van der Waals surface area contributed by atoms with Gasteiger partial charge in [0.25, 0.3) is 5.91 Å². The maximum absolute atomic E-state index is 12.9. The van der Waals surface area contributed by atoms with Gasteiger partial charge in [-0.15, -0.1) is 0 Å². The molecular formula is C19H20FNO4. The third-order valence-electron chi connectivity index (χ3n) is 3.43. The third-order valence-corrected chi connectivity index (χ3v) is 3.43. The maximum atomic E-state index is 12.9. The first-order valence-electron chi connectivity index (χ1n) is 7.98. The predicted molar refractivity (Wildman–Crippen MR) is 91.7 cm³/mol. The van der Waals surface area contributed by atoms with Gasteiger partial charge >= 0.3 is 5.97 Å². The molecule has 0 aliphatic heterocycles. The van der Waals surface area contributed by atoms with E-state index in [1.807, 2.05) is 6.07 Å². The number of carbonyl (C=O) groups excluding carboxylic acids is 2. The van der Waals surface area contributed by atoms with Crippen molar-refractivity contribution in [3.8, 4) is 5.75 Å². The van der Waals surface area contributed by atoms with Gasteiger partial charge in [-0.05, 0) is 49.7 Å². The molecule has 0 fully saturated rings. The van der Waals surface area contributed by atoms with Gasteiger partial charge in [0.05, 0.1) is 0 Å². The van der Waals surface area contributed by atoms with Gasteiger partial charge in [0.2, 0.25) is 0 Å². The molecule has 0 bridgehead atoms. The molecule has 2 aromatic carbocycles. The summed E-state index contributed by atoms with van der Waals surface area (Å²) < 4.78 is 23.6. The van der Waals surface area contributed by atoms with Crippen molar-refractivity contribution in [2.45, 2.75) is 32.5 Å². The highest BCUT2D eigenvalue weighted by atomic mass is 19.1. The molecule has 1 amide bonds. The number of nitrogens with one attached hydrogen (secondary N) is 1. The van der Waals surface area contributed by atoms with E-state index in [-0.39, 0.29) is 0 Å². The van der Waals surface area contributed by atoms with Gasteiger partial charge in [-0.1, -0.05) is 25.1 Å². The van der Waals surface area contributed by atoms with Crippen LogP contribution in [0.1, 0.15) is 20.3 Å². The Morgan fingerprint density at radius 2 is 1.72 bits per heavy atom. The van der Waals surface area contributed by atoms with Crippen molar-refractivity contribution in [2.24, 2.45) is 0 Å². The van der Waals surface area contributed by atoms with E-state index in [0.29, 0.717) is 17.9 Å². The van der Waals surface area contributed by atoms with Crippen LogP contribution in [0.2, 0.25) is 0 Å². The fourth-order valence-electron chi connectivity index (χ4n) is 2.04. The lowest BCUT2D eigenvalue weighted by atomic mass is 10.2. The first-order chi connectivity index (χ1) is 12.0. The Balaban J connectivity index is 1.90. The summed E-state index contributed by atoms with van der Waals surface area (Å²) in [6.45, 7) is 3.25. The van der Waals surface area contributed by atoms with E-state index in [2.05, 4.69) is 5.32 Å². The Morgan fingerprint density at radius 3 is 2.32 bits per heavy atom. The molecule has 0 unspecified atom stereocenters. The monoisotopic (exact) mass is 345 g/mol. The number of para-hydroxylation sites is 1. The average Bonchev–Trinajstić information content (AvgIpc) is 2.62. The van der Waals surface area contributed by atoms with Crippen molar-refractivity contribution in [1.82, 2.24) is 0 Å². The first kappa shape index (κ1) is 18.4. The zero-order valence-electron chi connectivity index (χ0n) is 14.1. The molecule has 0 aromatic heterocycles. The van der Waals surface area contributed by atoms with Crippen LogP contribution < -0.4 is 10.1 Å². The Morgan fingerprint density at radius 1 is 1.08 bits per heavy atom. The fraction of sp³-hybridized carbons (Fsp3) is 0.263. The standard InChI is InChI=1S/C19H20FNO4/c1-3-17(25-16-7-5-4-6-8-16)19(23)24-13(2)18(22)21-15-11-9-14(20)10-12-15/h4-13,17H,3H2,1-2H3,(H,21,22)/t13-,17-/m1/s1. The number of amides is 1. The molecule has 0 aliphatic rings.